The van der Waals surface area contributed by atoms with E-state index in [1.165, 1.54) is 12.3 Å². The van der Waals surface area contributed by atoms with Crippen molar-refractivity contribution in [3.8, 4) is 12.3 Å². The van der Waals surface area contributed by atoms with Crippen LogP contribution in [0.25, 0.3) is 0 Å². The highest BCUT2D eigenvalue weighted by Gasteiger charge is 2.74. The van der Waals surface area contributed by atoms with Gasteiger partial charge in [-0.3, -0.25) is 4.79 Å². The Bertz CT molecular complexity index is 770. The van der Waals surface area contributed by atoms with Crippen molar-refractivity contribution in [1.29, 1.82) is 0 Å². The summed E-state index contributed by atoms with van der Waals surface area (Å²) in [5.74, 6) is 0.660. The zero-order valence-electron chi connectivity index (χ0n) is 13.5. The van der Waals surface area contributed by atoms with Gasteiger partial charge < -0.3 is 9.67 Å². The highest BCUT2D eigenvalue weighted by atomic mass is 79.9. The lowest BCUT2D eigenvalue weighted by Crippen LogP contribution is -2.26. The van der Waals surface area contributed by atoms with Gasteiger partial charge >= 0.3 is 12.1 Å². The molecule has 0 saturated heterocycles. The number of carboxylic acids is 1. The Morgan fingerprint density at radius 1 is 1.48 bits per heavy atom. The first-order valence-electron chi connectivity index (χ1n) is 7.34. The third-order valence-electron chi connectivity index (χ3n) is 5.10. The van der Waals surface area contributed by atoms with Crippen molar-refractivity contribution in [3.63, 3.8) is 0 Å². The van der Waals surface area contributed by atoms with Gasteiger partial charge in [-0.25, -0.2) is 0 Å². The van der Waals surface area contributed by atoms with E-state index in [2.05, 4.69) is 37.8 Å². The normalized spacial score (nSPS) is 24.5. The Labute approximate surface area is 160 Å². The Hall–Kier alpha value is -1.20. The maximum atomic E-state index is 13.5. The monoisotopic (exact) mass is 481 g/mol. The summed E-state index contributed by atoms with van der Waals surface area (Å²) in [6.45, 7) is 3.27. The molecule has 1 aliphatic carbocycles. The van der Waals surface area contributed by atoms with Crippen LogP contribution in [0.5, 0.6) is 0 Å². The van der Waals surface area contributed by atoms with Crippen molar-refractivity contribution < 1.29 is 23.1 Å². The lowest BCUT2D eigenvalue weighted by atomic mass is 9.88. The highest BCUT2D eigenvalue weighted by molar-refractivity contribution is 9.28. The third kappa shape index (κ3) is 3.28. The van der Waals surface area contributed by atoms with Gasteiger partial charge in [0.05, 0.1) is 15.4 Å². The van der Waals surface area contributed by atoms with Crippen molar-refractivity contribution in [3.05, 3.63) is 33.0 Å². The van der Waals surface area contributed by atoms with Crippen LogP contribution in [0.1, 0.15) is 25.1 Å². The molecule has 1 heterocycles. The second-order valence-corrected chi connectivity index (χ2v) is 9.40. The maximum Gasteiger partial charge on any atom is 0.431 e. The Kier molecular flexibility index (Phi) is 5.24. The van der Waals surface area contributed by atoms with Gasteiger partial charge in [0.25, 0.3) is 0 Å². The predicted octanol–water partition coefficient (Wildman–Crippen LogP) is 5.04. The largest absolute Gasteiger partial charge is 0.481 e. The van der Waals surface area contributed by atoms with Crippen molar-refractivity contribution >= 4 is 37.8 Å². The van der Waals surface area contributed by atoms with Crippen LogP contribution < -0.4 is 0 Å². The van der Waals surface area contributed by atoms with Gasteiger partial charge in [0, 0.05) is 12.1 Å². The Balaban J connectivity index is 2.53. The fraction of sp³-hybridized carbons (Fsp3) is 0.471. The number of hydrogen-bond donors (Lipinski definition) is 1. The zero-order chi connectivity index (χ0) is 19.2. The van der Waals surface area contributed by atoms with Gasteiger partial charge in [-0.05, 0) is 55.3 Å². The molecule has 0 radical (unpaired) electrons. The Morgan fingerprint density at radius 2 is 2.08 bits per heavy atom. The number of carboxylic acid groups (broad SMARTS) is 1. The summed E-state index contributed by atoms with van der Waals surface area (Å²) in [6, 6.07) is 1.31. The summed E-state index contributed by atoms with van der Waals surface area (Å²) in [5.41, 5.74) is -2.94. The van der Waals surface area contributed by atoms with E-state index in [4.69, 9.17) is 6.42 Å². The average molecular weight is 483 g/mol. The lowest BCUT2D eigenvalue weighted by molar-refractivity contribution is -0.147. The minimum Gasteiger partial charge on any atom is -0.481 e. The molecule has 2 rings (SSSR count). The number of alkyl halides is 3. The average Bonchev–Trinajstić information content (AvgIpc) is 2.77. The molecule has 1 aliphatic rings. The predicted molar refractivity (Wildman–Crippen MR) is 95.2 cm³/mol. The summed E-state index contributed by atoms with van der Waals surface area (Å²) in [5, 5.41) is 9.81. The number of halogens is 5. The highest BCUT2D eigenvalue weighted by Crippen LogP contribution is 2.71. The van der Waals surface area contributed by atoms with Gasteiger partial charge in [-0.1, -0.05) is 25.8 Å². The molecule has 0 unspecified atom stereocenters. The molecule has 1 saturated carbocycles. The molecule has 0 spiro atoms. The first kappa shape index (κ1) is 20.1. The van der Waals surface area contributed by atoms with E-state index >= 15 is 0 Å². The minimum absolute atomic E-state index is 0.0557. The molecule has 1 aromatic rings. The molecule has 3 nitrogen and oxygen atoms in total. The zero-order valence-corrected chi connectivity index (χ0v) is 16.7. The van der Waals surface area contributed by atoms with Crippen LogP contribution in [0.4, 0.5) is 13.2 Å². The molecule has 0 aliphatic heterocycles. The second kappa shape index (κ2) is 6.51. The number of aliphatic carboxylic acids is 1. The molecular formula is C17H16Br2F3NO2. The van der Waals surface area contributed by atoms with E-state index in [1.54, 1.807) is 19.9 Å². The topological polar surface area (TPSA) is 42.2 Å². The molecule has 136 valence electrons. The summed E-state index contributed by atoms with van der Waals surface area (Å²) < 4.78 is 42.0. The number of nitrogens with zero attached hydrogens (tertiary/aromatic N) is 1. The Morgan fingerprint density at radius 3 is 2.52 bits per heavy atom. The molecule has 1 fully saturated rings. The number of rotatable bonds is 5. The van der Waals surface area contributed by atoms with Crippen LogP contribution in [0.2, 0.25) is 0 Å². The van der Waals surface area contributed by atoms with E-state index < -0.39 is 34.6 Å². The maximum absolute atomic E-state index is 13.5. The molecule has 0 bridgehead atoms. The van der Waals surface area contributed by atoms with Gasteiger partial charge in [0.15, 0.2) is 0 Å². The van der Waals surface area contributed by atoms with E-state index in [0.29, 0.717) is 3.39 Å². The van der Waals surface area contributed by atoms with Crippen molar-refractivity contribution in [2.75, 3.05) is 0 Å². The SMILES string of the molecule is C#CCn1ccc(C[C@@]2(C(=O)O)[C@H](C=C(Br)Br)C2(C)C)c1C(F)(F)F. The van der Waals surface area contributed by atoms with Crippen LogP contribution in [-0.2, 0) is 23.9 Å². The second-order valence-electron chi connectivity index (χ2n) is 6.63. The van der Waals surface area contributed by atoms with Crippen LogP contribution in [0, 0.1) is 29.1 Å². The van der Waals surface area contributed by atoms with Crippen LogP contribution in [0.3, 0.4) is 0 Å². The smallest absolute Gasteiger partial charge is 0.431 e. The molecular weight excluding hydrogens is 467 g/mol. The first-order valence-corrected chi connectivity index (χ1v) is 8.93. The molecule has 0 amide bonds. The van der Waals surface area contributed by atoms with Gasteiger partial charge in [0.2, 0.25) is 0 Å². The first-order chi connectivity index (χ1) is 11.4. The van der Waals surface area contributed by atoms with E-state index in [1.807, 2.05) is 0 Å². The standard InChI is InChI=1S/C17H16Br2F3NO2/c1-4-6-23-7-5-10(13(23)17(20,21)22)9-16(14(24)25)11(8-12(18)19)15(16,2)3/h1,5,7-8,11H,6,9H2,2-3H3,(H,24,25)/t11-,16+/m1/s1. The summed E-state index contributed by atoms with van der Waals surface area (Å²) in [4.78, 5) is 12.0. The molecule has 2 atom stereocenters. The fourth-order valence-corrected chi connectivity index (χ4v) is 4.26. The molecule has 0 aromatic carbocycles. The van der Waals surface area contributed by atoms with Crippen molar-refractivity contribution in [1.82, 2.24) is 4.57 Å². The van der Waals surface area contributed by atoms with Crippen molar-refractivity contribution in [2.45, 2.75) is 33.0 Å². The lowest BCUT2D eigenvalue weighted by Gasteiger charge is -2.18. The van der Waals surface area contributed by atoms with Crippen molar-refractivity contribution in [2.24, 2.45) is 16.7 Å². The number of aromatic nitrogens is 1. The van der Waals surface area contributed by atoms with E-state index in [0.717, 1.165) is 4.57 Å². The summed E-state index contributed by atoms with van der Waals surface area (Å²) >= 11 is 6.40. The van der Waals surface area contributed by atoms with Gasteiger partial charge in [-0.2, -0.15) is 13.2 Å². The van der Waals surface area contributed by atoms with Gasteiger partial charge in [0.1, 0.15) is 5.69 Å². The number of carbonyl (C=O) groups is 1. The minimum atomic E-state index is -4.62. The number of terminal acetylenes is 1. The van der Waals surface area contributed by atoms with E-state index in [-0.39, 0.29) is 18.5 Å². The molecule has 1 aromatic heterocycles. The van der Waals surface area contributed by atoms with Crippen LogP contribution >= 0.6 is 31.9 Å². The van der Waals surface area contributed by atoms with E-state index in [9.17, 15) is 23.1 Å². The molecule has 25 heavy (non-hydrogen) atoms. The molecule has 8 heteroatoms. The van der Waals surface area contributed by atoms with Gasteiger partial charge in [-0.15, -0.1) is 6.42 Å². The number of allylic oxidation sites excluding steroid dienone is 1. The number of hydrogen-bond acceptors (Lipinski definition) is 1. The fourth-order valence-electron chi connectivity index (χ4n) is 3.73. The summed E-state index contributed by atoms with van der Waals surface area (Å²) in [7, 11) is 0. The molecule has 1 N–H and O–H groups in total. The quantitative estimate of drug-likeness (QED) is 0.597. The van der Waals surface area contributed by atoms with Crippen LogP contribution in [-0.4, -0.2) is 15.6 Å². The van der Waals surface area contributed by atoms with Crippen LogP contribution in [0.15, 0.2) is 21.7 Å². The third-order valence-corrected chi connectivity index (χ3v) is 5.62. The summed E-state index contributed by atoms with van der Waals surface area (Å²) in [6.07, 6.45) is 3.24.